The van der Waals surface area contributed by atoms with Gasteiger partial charge < -0.3 is 9.47 Å². The summed E-state index contributed by atoms with van der Waals surface area (Å²) in [5.74, 6) is 1.36. The third kappa shape index (κ3) is 2.74. The predicted molar refractivity (Wildman–Crippen MR) is 89.8 cm³/mol. The lowest BCUT2D eigenvalue weighted by Gasteiger charge is -2.13. The van der Waals surface area contributed by atoms with E-state index in [4.69, 9.17) is 9.47 Å². The lowest BCUT2D eigenvalue weighted by Crippen LogP contribution is -2.13. The molecule has 0 saturated heterocycles. The molecule has 0 spiro atoms. The molecule has 2 aromatic carbocycles. The molecule has 1 aromatic heterocycles. The fourth-order valence-electron chi connectivity index (χ4n) is 2.36. The van der Waals surface area contributed by atoms with Crippen molar-refractivity contribution in [2.75, 3.05) is 14.2 Å². The Morgan fingerprint density at radius 2 is 1.75 bits per heavy atom. The number of aromatic nitrogens is 2. The van der Waals surface area contributed by atoms with Gasteiger partial charge in [-0.05, 0) is 24.3 Å². The summed E-state index contributed by atoms with van der Waals surface area (Å²) < 4.78 is 37.4. The number of rotatable bonds is 5. The van der Waals surface area contributed by atoms with Crippen LogP contribution in [0.25, 0.3) is 11.4 Å². The van der Waals surface area contributed by atoms with Crippen LogP contribution >= 0.6 is 0 Å². The van der Waals surface area contributed by atoms with Gasteiger partial charge in [-0.15, -0.1) is 0 Å². The summed E-state index contributed by atoms with van der Waals surface area (Å²) in [6.45, 7) is 0. The molecule has 0 atom stereocenters. The molecule has 3 rings (SSSR count). The molecule has 0 unspecified atom stereocenters. The van der Waals surface area contributed by atoms with E-state index in [1.54, 1.807) is 55.6 Å². The normalized spacial score (nSPS) is 11.2. The number of ether oxygens (including phenoxy) is 2. The Morgan fingerprint density at radius 1 is 1.00 bits per heavy atom. The van der Waals surface area contributed by atoms with Crippen LogP contribution in [0, 0.1) is 0 Å². The maximum absolute atomic E-state index is 12.9. The molecule has 0 amide bonds. The Morgan fingerprint density at radius 3 is 2.42 bits per heavy atom. The number of hydrogen-bond acceptors (Lipinski definition) is 5. The zero-order valence-corrected chi connectivity index (χ0v) is 14.0. The van der Waals surface area contributed by atoms with Crippen LogP contribution in [0.3, 0.4) is 0 Å². The molecule has 0 bridgehead atoms. The predicted octanol–water partition coefficient (Wildman–Crippen LogP) is 2.80. The van der Waals surface area contributed by atoms with E-state index in [1.165, 1.54) is 19.5 Å². The van der Waals surface area contributed by atoms with Crippen LogP contribution < -0.4 is 9.47 Å². The number of benzene rings is 2. The van der Waals surface area contributed by atoms with Gasteiger partial charge in [0.2, 0.25) is 0 Å². The summed E-state index contributed by atoms with van der Waals surface area (Å²) in [6.07, 6.45) is 2.86. The molecule has 24 heavy (non-hydrogen) atoms. The van der Waals surface area contributed by atoms with Gasteiger partial charge in [0.25, 0.3) is 10.0 Å². The van der Waals surface area contributed by atoms with E-state index in [1.807, 2.05) is 0 Å². The standard InChI is InChI=1S/C17H16N2O4S/c1-22-13-8-9-15(16(12-13)23-2)17-18-10-11-19(17)24(20,21)14-6-4-3-5-7-14/h3-12H,1-2H3. The molecular weight excluding hydrogens is 328 g/mol. The van der Waals surface area contributed by atoms with E-state index in [-0.39, 0.29) is 10.7 Å². The third-order valence-electron chi connectivity index (χ3n) is 3.56. The molecule has 124 valence electrons. The van der Waals surface area contributed by atoms with Crippen molar-refractivity contribution in [1.29, 1.82) is 0 Å². The highest BCUT2D eigenvalue weighted by Crippen LogP contribution is 2.33. The largest absolute Gasteiger partial charge is 0.497 e. The number of hydrogen-bond donors (Lipinski definition) is 0. The molecule has 3 aromatic rings. The highest BCUT2D eigenvalue weighted by molar-refractivity contribution is 7.90. The van der Waals surface area contributed by atoms with Crippen molar-refractivity contribution in [2.24, 2.45) is 0 Å². The Bertz CT molecular complexity index is 950. The quantitative estimate of drug-likeness (QED) is 0.712. The van der Waals surface area contributed by atoms with Gasteiger partial charge in [0.15, 0.2) is 5.82 Å². The van der Waals surface area contributed by atoms with Gasteiger partial charge in [0.1, 0.15) is 11.5 Å². The monoisotopic (exact) mass is 344 g/mol. The van der Waals surface area contributed by atoms with Crippen molar-refractivity contribution < 1.29 is 17.9 Å². The second kappa shape index (κ2) is 6.37. The zero-order valence-electron chi connectivity index (χ0n) is 13.2. The van der Waals surface area contributed by atoms with Crippen molar-refractivity contribution >= 4 is 10.0 Å². The van der Waals surface area contributed by atoms with Crippen LogP contribution in [0.4, 0.5) is 0 Å². The average molecular weight is 344 g/mol. The average Bonchev–Trinajstić information content (AvgIpc) is 3.12. The zero-order chi connectivity index (χ0) is 17.2. The van der Waals surface area contributed by atoms with Crippen molar-refractivity contribution in [3.63, 3.8) is 0 Å². The number of imidazole rings is 1. The molecule has 0 N–H and O–H groups in total. The first-order valence-corrected chi connectivity index (χ1v) is 8.58. The maximum atomic E-state index is 12.9. The molecule has 0 aliphatic heterocycles. The summed E-state index contributed by atoms with van der Waals surface area (Å²) in [5, 5.41) is 0. The van der Waals surface area contributed by atoms with Crippen molar-refractivity contribution in [1.82, 2.24) is 8.96 Å². The Hall–Kier alpha value is -2.80. The molecule has 0 radical (unpaired) electrons. The number of nitrogens with zero attached hydrogens (tertiary/aromatic N) is 2. The van der Waals surface area contributed by atoms with Crippen molar-refractivity contribution in [2.45, 2.75) is 4.90 Å². The number of methoxy groups -OCH3 is 2. The summed E-state index contributed by atoms with van der Waals surface area (Å²) >= 11 is 0. The summed E-state index contributed by atoms with van der Waals surface area (Å²) in [6, 6.07) is 13.3. The lowest BCUT2D eigenvalue weighted by molar-refractivity contribution is 0.395. The van der Waals surface area contributed by atoms with Crippen LogP contribution in [0.5, 0.6) is 11.5 Å². The topological polar surface area (TPSA) is 70.4 Å². The van der Waals surface area contributed by atoms with Gasteiger partial charge in [-0.2, -0.15) is 0 Å². The summed E-state index contributed by atoms with van der Waals surface area (Å²) in [7, 11) is -0.686. The van der Waals surface area contributed by atoms with Gasteiger partial charge in [0.05, 0.1) is 24.7 Å². The first kappa shape index (κ1) is 16.1. The van der Waals surface area contributed by atoms with E-state index < -0.39 is 10.0 Å². The minimum absolute atomic E-state index is 0.191. The van der Waals surface area contributed by atoms with Crippen molar-refractivity contribution in [3.8, 4) is 22.9 Å². The van der Waals surface area contributed by atoms with Crippen LogP contribution in [0.15, 0.2) is 65.8 Å². The first-order chi connectivity index (χ1) is 11.6. The molecular formula is C17H16N2O4S. The molecule has 0 aliphatic carbocycles. The van der Waals surface area contributed by atoms with Gasteiger partial charge in [-0.3, -0.25) is 0 Å². The molecule has 1 heterocycles. The fraction of sp³-hybridized carbons (Fsp3) is 0.118. The van der Waals surface area contributed by atoms with E-state index in [2.05, 4.69) is 4.98 Å². The highest BCUT2D eigenvalue weighted by atomic mass is 32.2. The van der Waals surface area contributed by atoms with E-state index in [9.17, 15) is 8.42 Å². The SMILES string of the molecule is COc1ccc(-c2nccn2S(=O)(=O)c2ccccc2)c(OC)c1. The van der Waals surface area contributed by atoms with Crippen LogP contribution in [0.1, 0.15) is 0 Å². The molecule has 0 saturated carbocycles. The molecule has 0 fully saturated rings. The smallest absolute Gasteiger partial charge is 0.269 e. The molecule has 6 nitrogen and oxygen atoms in total. The van der Waals surface area contributed by atoms with E-state index >= 15 is 0 Å². The van der Waals surface area contributed by atoms with E-state index in [0.29, 0.717) is 17.1 Å². The second-order valence-electron chi connectivity index (χ2n) is 4.93. The Balaban J connectivity index is 2.16. The molecule has 0 aliphatic rings. The fourth-order valence-corrected chi connectivity index (χ4v) is 3.68. The minimum atomic E-state index is -3.75. The van der Waals surface area contributed by atoms with E-state index in [0.717, 1.165) is 3.97 Å². The minimum Gasteiger partial charge on any atom is -0.497 e. The van der Waals surface area contributed by atoms with Gasteiger partial charge in [-0.25, -0.2) is 17.4 Å². The van der Waals surface area contributed by atoms with Crippen LogP contribution in [0.2, 0.25) is 0 Å². The third-order valence-corrected chi connectivity index (χ3v) is 5.24. The highest BCUT2D eigenvalue weighted by Gasteiger charge is 2.22. The van der Waals surface area contributed by atoms with Gasteiger partial charge in [-0.1, -0.05) is 18.2 Å². The van der Waals surface area contributed by atoms with Gasteiger partial charge in [0, 0.05) is 18.5 Å². The summed E-state index contributed by atoms with van der Waals surface area (Å²) in [4.78, 5) is 4.40. The van der Waals surface area contributed by atoms with Gasteiger partial charge >= 0.3 is 0 Å². The van der Waals surface area contributed by atoms with Crippen LogP contribution in [-0.4, -0.2) is 31.6 Å². The first-order valence-electron chi connectivity index (χ1n) is 7.14. The summed E-state index contributed by atoms with van der Waals surface area (Å²) in [5.41, 5.74) is 0.558. The maximum Gasteiger partial charge on any atom is 0.269 e. The van der Waals surface area contributed by atoms with Crippen LogP contribution in [-0.2, 0) is 10.0 Å². The second-order valence-corrected chi connectivity index (χ2v) is 6.75. The van der Waals surface area contributed by atoms with Crippen molar-refractivity contribution in [3.05, 3.63) is 60.9 Å². The Kier molecular flexibility index (Phi) is 4.26. The molecule has 7 heteroatoms. The lowest BCUT2D eigenvalue weighted by atomic mass is 10.2. The Labute approximate surface area is 140 Å².